The van der Waals surface area contributed by atoms with E-state index in [1.807, 2.05) is 0 Å². The summed E-state index contributed by atoms with van der Waals surface area (Å²) in [6.07, 6.45) is 6.14. The van der Waals surface area contributed by atoms with Gasteiger partial charge < -0.3 is 15.1 Å². The first kappa shape index (κ1) is 11.4. The Morgan fingerprint density at radius 3 is 2.56 bits per heavy atom. The fraction of sp³-hybridized carbons (Fsp3) is 0.583. The van der Waals surface area contributed by atoms with Crippen molar-refractivity contribution in [2.45, 2.75) is 43.9 Å². The lowest BCUT2D eigenvalue weighted by Crippen LogP contribution is -2.45. The van der Waals surface area contributed by atoms with Crippen LogP contribution >= 0.6 is 0 Å². The number of piperidine rings is 1. The summed E-state index contributed by atoms with van der Waals surface area (Å²) in [5, 5.41) is 18.7. The number of hydrogen-bond donors (Lipinski definition) is 2. The maximum absolute atomic E-state index is 10.9. The van der Waals surface area contributed by atoms with Crippen molar-refractivity contribution in [1.82, 2.24) is 9.97 Å². The molecule has 0 amide bonds. The third kappa shape index (κ3) is 1.82. The number of fused-ring (bicyclic) bond motifs is 2. The van der Waals surface area contributed by atoms with E-state index in [0.29, 0.717) is 5.82 Å². The lowest BCUT2D eigenvalue weighted by Gasteiger charge is -2.37. The van der Waals surface area contributed by atoms with Crippen molar-refractivity contribution in [3.8, 4) is 0 Å². The van der Waals surface area contributed by atoms with Gasteiger partial charge in [-0.1, -0.05) is 0 Å². The number of aromatic nitrogens is 2. The Labute approximate surface area is 104 Å². The molecule has 6 nitrogen and oxygen atoms in total. The van der Waals surface area contributed by atoms with Gasteiger partial charge in [-0.15, -0.1) is 0 Å². The summed E-state index contributed by atoms with van der Waals surface area (Å²) in [6, 6.07) is 0.522. The summed E-state index contributed by atoms with van der Waals surface area (Å²) in [7, 11) is 0. The second kappa shape index (κ2) is 4.20. The Morgan fingerprint density at radius 2 is 1.94 bits per heavy atom. The summed E-state index contributed by atoms with van der Waals surface area (Å²) >= 11 is 0. The zero-order valence-electron chi connectivity index (χ0n) is 9.86. The third-order valence-corrected chi connectivity index (χ3v) is 3.81. The van der Waals surface area contributed by atoms with Crippen LogP contribution in [0.5, 0.6) is 0 Å². The van der Waals surface area contributed by atoms with E-state index < -0.39 is 5.97 Å². The second-order valence-corrected chi connectivity index (χ2v) is 4.99. The van der Waals surface area contributed by atoms with Crippen molar-refractivity contribution in [2.75, 3.05) is 4.90 Å². The van der Waals surface area contributed by atoms with E-state index in [1.54, 1.807) is 6.20 Å². The summed E-state index contributed by atoms with van der Waals surface area (Å²) < 4.78 is 0. The molecule has 0 aromatic carbocycles. The summed E-state index contributed by atoms with van der Waals surface area (Å²) in [5.41, 5.74) is -0.0296. The predicted molar refractivity (Wildman–Crippen MR) is 63.5 cm³/mol. The molecular weight excluding hydrogens is 234 g/mol. The monoisotopic (exact) mass is 249 g/mol. The average molecular weight is 249 g/mol. The minimum Gasteiger partial charge on any atom is -0.476 e. The molecule has 2 aliphatic rings. The fourth-order valence-corrected chi connectivity index (χ4v) is 3.11. The molecule has 3 heterocycles. The number of aliphatic hydroxyl groups excluding tert-OH is 1. The number of rotatable bonds is 2. The molecule has 18 heavy (non-hydrogen) atoms. The average Bonchev–Trinajstić information content (AvgIpc) is 2.62. The molecule has 0 saturated carbocycles. The molecule has 0 aliphatic carbocycles. The van der Waals surface area contributed by atoms with Crippen LogP contribution in [0.3, 0.4) is 0 Å². The molecule has 3 rings (SSSR count). The van der Waals surface area contributed by atoms with Crippen LogP contribution in [0.2, 0.25) is 0 Å². The van der Waals surface area contributed by atoms with Crippen LogP contribution < -0.4 is 4.90 Å². The van der Waals surface area contributed by atoms with E-state index in [2.05, 4.69) is 14.9 Å². The molecule has 2 atom stereocenters. The normalized spacial score (nSPS) is 30.5. The van der Waals surface area contributed by atoms with Crippen LogP contribution in [0.15, 0.2) is 12.4 Å². The quantitative estimate of drug-likeness (QED) is 0.801. The van der Waals surface area contributed by atoms with Gasteiger partial charge in [0.25, 0.3) is 0 Å². The van der Waals surface area contributed by atoms with E-state index in [4.69, 9.17) is 5.11 Å². The Morgan fingerprint density at radius 1 is 1.28 bits per heavy atom. The van der Waals surface area contributed by atoms with Crippen LogP contribution in [-0.2, 0) is 0 Å². The number of aromatic carboxylic acids is 1. The number of nitrogens with zero attached hydrogens (tertiary/aromatic N) is 3. The van der Waals surface area contributed by atoms with Gasteiger partial charge in [-0.2, -0.15) is 0 Å². The molecule has 1 aromatic rings. The summed E-state index contributed by atoms with van der Waals surface area (Å²) in [6.45, 7) is 0. The third-order valence-electron chi connectivity index (χ3n) is 3.81. The van der Waals surface area contributed by atoms with E-state index in [-0.39, 0.29) is 23.9 Å². The van der Waals surface area contributed by atoms with E-state index in [1.165, 1.54) is 6.20 Å². The van der Waals surface area contributed by atoms with Crippen LogP contribution in [-0.4, -0.2) is 44.3 Å². The predicted octanol–water partition coefficient (Wildman–Crippen LogP) is 0.667. The molecular formula is C12H15N3O3. The van der Waals surface area contributed by atoms with Gasteiger partial charge in [0.15, 0.2) is 5.69 Å². The summed E-state index contributed by atoms with van der Waals surface area (Å²) in [5.74, 6) is -0.442. The van der Waals surface area contributed by atoms with E-state index in [9.17, 15) is 9.90 Å². The van der Waals surface area contributed by atoms with Gasteiger partial charge in [-0.25, -0.2) is 9.78 Å². The van der Waals surface area contributed by atoms with Gasteiger partial charge in [0, 0.05) is 12.1 Å². The number of carboxylic acids is 1. The Bertz CT molecular complexity index is 465. The smallest absolute Gasteiger partial charge is 0.356 e. The lowest BCUT2D eigenvalue weighted by atomic mass is 10.00. The van der Waals surface area contributed by atoms with Crippen molar-refractivity contribution in [2.24, 2.45) is 0 Å². The molecule has 2 fully saturated rings. The zero-order chi connectivity index (χ0) is 12.7. The molecule has 2 bridgehead atoms. The van der Waals surface area contributed by atoms with Gasteiger partial charge in [-0.3, -0.25) is 4.98 Å². The van der Waals surface area contributed by atoms with Crippen LogP contribution in [0.25, 0.3) is 0 Å². The summed E-state index contributed by atoms with van der Waals surface area (Å²) in [4.78, 5) is 21.1. The number of carboxylic acid groups (broad SMARTS) is 1. The molecule has 0 spiro atoms. The number of hydrogen-bond acceptors (Lipinski definition) is 5. The molecule has 2 unspecified atom stereocenters. The highest BCUT2D eigenvalue weighted by atomic mass is 16.4. The Kier molecular flexibility index (Phi) is 2.66. The van der Waals surface area contributed by atoms with Gasteiger partial charge >= 0.3 is 5.97 Å². The lowest BCUT2D eigenvalue weighted by molar-refractivity contribution is 0.0689. The van der Waals surface area contributed by atoms with Crippen molar-refractivity contribution >= 4 is 11.8 Å². The van der Waals surface area contributed by atoms with Crippen molar-refractivity contribution < 1.29 is 15.0 Å². The van der Waals surface area contributed by atoms with Crippen LogP contribution in [0.4, 0.5) is 5.82 Å². The molecule has 2 aliphatic heterocycles. The molecule has 0 radical (unpaired) electrons. The largest absolute Gasteiger partial charge is 0.476 e. The van der Waals surface area contributed by atoms with Crippen molar-refractivity contribution in [3.63, 3.8) is 0 Å². The molecule has 2 N–H and O–H groups in total. The number of anilines is 1. The maximum Gasteiger partial charge on any atom is 0.356 e. The fourth-order valence-electron chi connectivity index (χ4n) is 3.11. The minimum absolute atomic E-state index is 0.0296. The SMILES string of the molecule is O=C(O)c1cncc(N2C3CCC2CC(O)C3)n1. The van der Waals surface area contributed by atoms with Gasteiger partial charge in [0.1, 0.15) is 5.82 Å². The zero-order valence-corrected chi connectivity index (χ0v) is 9.86. The second-order valence-electron chi connectivity index (χ2n) is 4.99. The first-order chi connectivity index (χ1) is 8.65. The topological polar surface area (TPSA) is 86.5 Å². The van der Waals surface area contributed by atoms with E-state index >= 15 is 0 Å². The van der Waals surface area contributed by atoms with Crippen molar-refractivity contribution in [1.29, 1.82) is 0 Å². The highest BCUT2D eigenvalue weighted by Crippen LogP contribution is 2.38. The first-order valence-corrected chi connectivity index (χ1v) is 6.17. The van der Waals surface area contributed by atoms with E-state index in [0.717, 1.165) is 25.7 Å². The maximum atomic E-state index is 10.9. The molecule has 6 heteroatoms. The minimum atomic E-state index is -1.06. The number of carbonyl (C=O) groups is 1. The highest BCUT2D eigenvalue weighted by molar-refractivity contribution is 5.85. The van der Waals surface area contributed by atoms with Gasteiger partial charge in [0.2, 0.25) is 0 Å². The highest BCUT2D eigenvalue weighted by Gasteiger charge is 2.41. The van der Waals surface area contributed by atoms with Crippen LogP contribution in [0.1, 0.15) is 36.2 Å². The molecule has 2 saturated heterocycles. The van der Waals surface area contributed by atoms with Crippen molar-refractivity contribution in [3.05, 3.63) is 18.1 Å². The first-order valence-electron chi connectivity index (χ1n) is 6.17. The Hall–Kier alpha value is -1.69. The van der Waals surface area contributed by atoms with Gasteiger partial charge in [-0.05, 0) is 25.7 Å². The molecule has 1 aromatic heterocycles. The number of aliphatic hydroxyl groups is 1. The Balaban J connectivity index is 1.91. The standard InChI is InChI=1S/C12H15N3O3/c16-9-3-7-1-2-8(4-9)15(7)11-6-13-5-10(14-11)12(17)18/h5-9,16H,1-4H2,(H,17,18). The van der Waals surface area contributed by atoms with Crippen LogP contribution in [0, 0.1) is 0 Å². The molecule has 96 valence electrons. The van der Waals surface area contributed by atoms with Gasteiger partial charge in [0.05, 0.1) is 18.5 Å².